The fourth-order valence-corrected chi connectivity index (χ4v) is 3.14. The lowest BCUT2D eigenvalue weighted by atomic mass is 10.0. The number of rotatable bonds is 6. The number of ether oxygens (including phenoxy) is 1. The van der Waals surface area contributed by atoms with Crippen molar-refractivity contribution in [2.24, 2.45) is 0 Å². The Balaban J connectivity index is 1.75. The third-order valence-electron chi connectivity index (χ3n) is 4.62. The van der Waals surface area contributed by atoms with E-state index in [1.807, 2.05) is 56.3 Å². The molecule has 4 heteroatoms. The molecule has 0 saturated carbocycles. The van der Waals surface area contributed by atoms with Crippen molar-refractivity contribution in [2.75, 3.05) is 18.5 Å². The van der Waals surface area contributed by atoms with Crippen molar-refractivity contribution in [3.05, 3.63) is 65.2 Å². The van der Waals surface area contributed by atoms with Gasteiger partial charge in [-0.3, -0.25) is 10.1 Å². The van der Waals surface area contributed by atoms with Gasteiger partial charge in [0.15, 0.2) is 0 Å². The highest BCUT2D eigenvalue weighted by atomic mass is 16.5. The predicted molar refractivity (Wildman–Crippen MR) is 101 cm³/mol. The number of amides is 1. The summed E-state index contributed by atoms with van der Waals surface area (Å²) >= 11 is 0. The van der Waals surface area contributed by atoms with Gasteiger partial charge < -0.3 is 10.1 Å². The van der Waals surface area contributed by atoms with E-state index in [1.54, 1.807) is 0 Å². The second-order valence-corrected chi connectivity index (χ2v) is 6.69. The fourth-order valence-electron chi connectivity index (χ4n) is 3.14. The van der Waals surface area contributed by atoms with Gasteiger partial charge >= 0.3 is 0 Å². The van der Waals surface area contributed by atoms with Gasteiger partial charge in [0.1, 0.15) is 6.04 Å². The second kappa shape index (κ2) is 8.28. The molecule has 1 aliphatic heterocycles. The highest BCUT2D eigenvalue weighted by molar-refractivity contribution is 5.96. The van der Waals surface area contributed by atoms with Crippen molar-refractivity contribution in [1.82, 2.24) is 5.32 Å². The molecule has 2 aromatic rings. The van der Waals surface area contributed by atoms with E-state index >= 15 is 0 Å². The molecule has 0 aromatic heterocycles. The Labute approximate surface area is 149 Å². The molecule has 1 amide bonds. The molecule has 0 spiro atoms. The van der Waals surface area contributed by atoms with Crippen molar-refractivity contribution in [3.63, 3.8) is 0 Å². The number of hydrogen-bond donors (Lipinski definition) is 2. The maximum atomic E-state index is 13.0. The molecule has 0 aliphatic carbocycles. The third kappa shape index (κ3) is 4.68. The van der Waals surface area contributed by atoms with Crippen LogP contribution in [0.15, 0.2) is 48.5 Å². The van der Waals surface area contributed by atoms with Crippen LogP contribution in [0.2, 0.25) is 0 Å². The van der Waals surface area contributed by atoms with Crippen LogP contribution in [-0.4, -0.2) is 25.2 Å². The van der Waals surface area contributed by atoms with Gasteiger partial charge in [-0.15, -0.1) is 0 Å². The third-order valence-corrected chi connectivity index (χ3v) is 4.62. The summed E-state index contributed by atoms with van der Waals surface area (Å²) in [4.78, 5) is 13.0. The average molecular weight is 338 g/mol. The summed E-state index contributed by atoms with van der Waals surface area (Å²) in [5.41, 5.74) is 4.02. The number of aryl methyl sites for hydroxylation is 2. The number of carbonyl (C=O) groups excluding carboxylic acids is 1. The number of anilines is 1. The molecule has 4 nitrogen and oxygen atoms in total. The Hall–Kier alpha value is -2.17. The zero-order valence-electron chi connectivity index (χ0n) is 14.9. The van der Waals surface area contributed by atoms with Crippen molar-refractivity contribution in [3.8, 4) is 0 Å². The van der Waals surface area contributed by atoms with Gasteiger partial charge in [0.2, 0.25) is 5.91 Å². The SMILES string of the molecule is Cc1ccc(C)c(NC(=O)[C@H](NC[C@H]2CCCO2)c2ccccc2)c1. The molecule has 1 heterocycles. The molecule has 1 fully saturated rings. The summed E-state index contributed by atoms with van der Waals surface area (Å²) in [6.07, 6.45) is 2.34. The van der Waals surface area contributed by atoms with Crippen LogP contribution in [0.4, 0.5) is 5.69 Å². The number of hydrogen-bond acceptors (Lipinski definition) is 3. The van der Waals surface area contributed by atoms with Crippen LogP contribution in [-0.2, 0) is 9.53 Å². The molecule has 1 aliphatic rings. The minimum Gasteiger partial charge on any atom is -0.377 e. The van der Waals surface area contributed by atoms with E-state index in [0.717, 1.165) is 41.8 Å². The molecular formula is C21H26N2O2. The summed E-state index contributed by atoms with van der Waals surface area (Å²) < 4.78 is 5.68. The molecule has 25 heavy (non-hydrogen) atoms. The lowest BCUT2D eigenvalue weighted by Gasteiger charge is -2.21. The molecule has 3 rings (SSSR count). The van der Waals surface area contributed by atoms with Gasteiger partial charge in [0.25, 0.3) is 0 Å². The first-order valence-electron chi connectivity index (χ1n) is 8.91. The summed E-state index contributed by atoms with van der Waals surface area (Å²) in [6, 6.07) is 15.5. The van der Waals surface area contributed by atoms with Gasteiger partial charge in [0, 0.05) is 18.8 Å². The molecule has 2 N–H and O–H groups in total. The zero-order valence-corrected chi connectivity index (χ0v) is 14.9. The predicted octanol–water partition coefficient (Wildman–Crippen LogP) is 3.75. The molecule has 2 atom stereocenters. The van der Waals surface area contributed by atoms with Crippen LogP contribution >= 0.6 is 0 Å². The minimum absolute atomic E-state index is 0.0436. The van der Waals surface area contributed by atoms with Crippen LogP contribution in [0.1, 0.15) is 35.6 Å². The topological polar surface area (TPSA) is 50.4 Å². The lowest BCUT2D eigenvalue weighted by Crippen LogP contribution is -2.37. The molecule has 2 aromatic carbocycles. The fraction of sp³-hybridized carbons (Fsp3) is 0.381. The zero-order chi connectivity index (χ0) is 17.6. The summed E-state index contributed by atoms with van der Waals surface area (Å²) in [6.45, 7) is 5.53. The van der Waals surface area contributed by atoms with Gasteiger partial charge in [-0.05, 0) is 49.4 Å². The van der Waals surface area contributed by atoms with Crippen molar-refractivity contribution < 1.29 is 9.53 Å². The van der Waals surface area contributed by atoms with E-state index < -0.39 is 6.04 Å². The Morgan fingerprint density at radius 3 is 2.72 bits per heavy atom. The van der Waals surface area contributed by atoms with Crippen molar-refractivity contribution >= 4 is 11.6 Å². The van der Waals surface area contributed by atoms with Crippen LogP contribution in [0.25, 0.3) is 0 Å². The molecule has 0 radical (unpaired) electrons. The first-order valence-corrected chi connectivity index (χ1v) is 8.91. The quantitative estimate of drug-likeness (QED) is 0.843. The summed E-state index contributed by atoms with van der Waals surface area (Å²) in [7, 11) is 0. The standard InChI is InChI=1S/C21H26N2O2/c1-15-10-11-16(2)19(13-15)23-21(24)20(17-7-4-3-5-8-17)22-14-18-9-6-12-25-18/h3-5,7-8,10-11,13,18,20,22H,6,9,12,14H2,1-2H3,(H,23,24)/t18-,20-/m1/s1. The van der Waals surface area contributed by atoms with Crippen LogP contribution in [0, 0.1) is 13.8 Å². The monoisotopic (exact) mass is 338 g/mol. The molecule has 1 saturated heterocycles. The normalized spacial score (nSPS) is 18.1. The van der Waals surface area contributed by atoms with Crippen LogP contribution in [0.3, 0.4) is 0 Å². The maximum absolute atomic E-state index is 13.0. The summed E-state index contributed by atoms with van der Waals surface area (Å²) in [5.74, 6) is -0.0436. The Morgan fingerprint density at radius 2 is 2.00 bits per heavy atom. The Bertz CT molecular complexity index is 709. The van der Waals surface area contributed by atoms with E-state index in [-0.39, 0.29) is 12.0 Å². The van der Waals surface area contributed by atoms with Gasteiger partial charge in [0.05, 0.1) is 6.10 Å². The Morgan fingerprint density at radius 1 is 1.20 bits per heavy atom. The smallest absolute Gasteiger partial charge is 0.246 e. The van der Waals surface area contributed by atoms with E-state index in [1.165, 1.54) is 0 Å². The molecule has 0 bridgehead atoms. The summed E-state index contributed by atoms with van der Waals surface area (Å²) in [5, 5.41) is 6.48. The van der Waals surface area contributed by atoms with Crippen LogP contribution in [0.5, 0.6) is 0 Å². The molecule has 132 valence electrons. The van der Waals surface area contributed by atoms with Gasteiger partial charge in [-0.25, -0.2) is 0 Å². The van der Waals surface area contributed by atoms with Crippen LogP contribution < -0.4 is 10.6 Å². The minimum atomic E-state index is -0.398. The Kier molecular flexibility index (Phi) is 5.84. The van der Waals surface area contributed by atoms with Gasteiger partial charge in [-0.2, -0.15) is 0 Å². The lowest BCUT2D eigenvalue weighted by molar-refractivity contribution is -0.118. The first kappa shape index (κ1) is 17.6. The van der Waals surface area contributed by atoms with E-state index in [2.05, 4.69) is 16.7 Å². The van der Waals surface area contributed by atoms with E-state index in [9.17, 15) is 4.79 Å². The number of carbonyl (C=O) groups is 1. The number of benzene rings is 2. The first-order chi connectivity index (χ1) is 12.1. The van der Waals surface area contributed by atoms with E-state index in [0.29, 0.717) is 6.54 Å². The van der Waals surface area contributed by atoms with E-state index in [4.69, 9.17) is 4.74 Å². The van der Waals surface area contributed by atoms with Crippen molar-refractivity contribution in [2.45, 2.75) is 38.8 Å². The average Bonchev–Trinajstić information content (AvgIpc) is 3.13. The van der Waals surface area contributed by atoms with Crippen molar-refractivity contribution in [1.29, 1.82) is 0 Å². The molecular weight excluding hydrogens is 312 g/mol. The number of nitrogens with one attached hydrogen (secondary N) is 2. The highest BCUT2D eigenvalue weighted by Crippen LogP contribution is 2.21. The second-order valence-electron chi connectivity index (χ2n) is 6.69. The molecule has 0 unspecified atom stereocenters. The largest absolute Gasteiger partial charge is 0.377 e. The maximum Gasteiger partial charge on any atom is 0.246 e. The highest BCUT2D eigenvalue weighted by Gasteiger charge is 2.23. The van der Waals surface area contributed by atoms with Gasteiger partial charge in [-0.1, -0.05) is 42.5 Å².